The zero-order valence-corrected chi connectivity index (χ0v) is 14.9. The molecule has 0 unspecified atom stereocenters. The lowest BCUT2D eigenvalue weighted by molar-refractivity contribution is -0.154. The van der Waals surface area contributed by atoms with Gasteiger partial charge in [0.05, 0.1) is 30.4 Å². The second kappa shape index (κ2) is 7.02. The minimum Gasteiger partial charge on any atom is -0.378 e. The number of likely N-dealkylation sites (tertiary alicyclic amines) is 1. The van der Waals surface area contributed by atoms with Crippen LogP contribution in [0.2, 0.25) is 0 Å². The van der Waals surface area contributed by atoms with Crippen molar-refractivity contribution in [3.05, 3.63) is 29.6 Å². The lowest BCUT2D eigenvalue weighted by Crippen LogP contribution is -2.59. The number of piperidine rings is 1. The molecule has 4 heterocycles. The molecule has 3 aliphatic rings. The first-order valence-corrected chi connectivity index (χ1v) is 9.31. The van der Waals surface area contributed by atoms with Crippen molar-refractivity contribution < 1.29 is 14.3 Å². The number of fused-ring (bicyclic) bond motifs is 1. The molecule has 2 atom stereocenters. The number of ether oxygens (including phenoxy) is 2. The molecule has 136 valence electrons. The maximum atomic E-state index is 13.4. The second-order valence-corrected chi connectivity index (χ2v) is 7.44. The van der Waals surface area contributed by atoms with E-state index in [0.29, 0.717) is 32.9 Å². The number of nitrogens with zero attached hydrogens (tertiary/aromatic N) is 3. The molecule has 0 spiro atoms. The fraction of sp³-hybridized carbons (Fsp3) is 0.684. The molecule has 1 aromatic heterocycles. The summed E-state index contributed by atoms with van der Waals surface area (Å²) in [6, 6.07) is 6.14. The molecule has 0 bridgehead atoms. The molecule has 0 aromatic carbocycles. The molecule has 6 nitrogen and oxygen atoms in total. The summed E-state index contributed by atoms with van der Waals surface area (Å²) in [7, 11) is 0. The minimum atomic E-state index is -0.389. The summed E-state index contributed by atoms with van der Waals surface area (Å²) in [5, 5.41) is 0. The number of aromatic nitrogens is 1. The quantitative estimate of drug-likeness (QED) is 0.825. The van der Waals surface area contributed by atoms with E-state index in [4.69, 9.17) is 9.47 Å². The molecular weight excluding hydrogens is 318 g/mol. The molecule has 3 saturated heterocycles. The minimum absolute atomic E-state index is 0.0598. The Kier molecular flexibility index (Phi) is 4.75. The number of amides is 1. The molecule has 6 heteroatoms. The molecule has 3 aliphatic heterocycles. The van der Waals surface area contributed by atoms with Crippen LogP contribution in [0.1, 0.15) is 24.2 Å². The van der Waals surface area contributed by atoms with Crippen LogP contribution in [0.15, 0.2) is 18.2 Å². The molecule has 25 heavy (non-hydrogen) atoms. The second-order valence-electron chi connectivity index (χ2n) is 7.44. The summed E-state index contributed by atoms with van der Waals surface area (Å²) < 4.78 is 11.4. The van der Waals surface area contributed by atoms with Gasteiger partial charge in [0.15, 0.2) is 0 Å². The largest absolute Gasteiger partial charge is 0.378 e. The summed E-state index contributed by atoms with van der Waals surface area (Å²) in [5.74, 6) is 0.264. The van der Waals surface area contributed by atoms with E-state index < -0.39 is 0 Å². The number of carbonyl (C=O) groups is 1. The average Bonchev–Trinajstić information content (AvgIpc) is 3.06. The predicted molar refractivity (Wildman–Crippen MR) is 93.1 cm³/mol. The van der Waals surface area contributed by atoms with Crippen LogP contribution >= 0.6 is 0 Å². The van der Waals surface area contributed by atoms with Gasteiger partial charge in [0, 0.05) is 45.0 Å². The number of carbonyl (C=O) groups excluding carboxylic acids is 1. The SMILES string of the molecule is Cc1cccc(CN2CC[C@H]3OCC[C@@]3(C(=O)N3CCOCC3)C2)n1. The van der Waals surface area contributed by atoms with E-state index in [9.17, 15) is 4.79 Å². The number of hydrogen-bond acceptors (Lipinski definition) is 5. The Morgan fingerprint density at radius 3 is 2.92 bits per heavy atom. The van der Waals surface area contributed by atoms with Crippen molar-refractivity contribution in [2.24, 2.45) is 5.41 Å². The Balaban J connectivity index is 1.51. The molecule has 0 radical (unpaired) electrons. The normalized spacial score (nSPS) is 30.3. The first-order valence-electron chi connectivity index (χ1n) is 9.31. The van der Waals surface area contributed by atoms with E-state index in [0.717, 1.165) is 43.9 Å². The molecule has 1 amide bonds. The van der Waals surface area contributed by atoms with Crippen molar-refractivity contribution in [3.8, 4) is 0 Å². The van der Waals surface area contributed by atoms with Crippen LogP contribution in [0.5, 0.6) is 0 Å². The van der Waals surface area contributed by atoms with Crippen molar-refractivity contribution in [3.63, 3.8) is 0 Å². The summed E-state index contributed by atoms with van der Waals surface area (Å²) >= 11 is 0. The third-order valence-electron chi connectivity index (χ3n) is 5.75. The number of aryl methyl sites for hydroxylation is 1. The third kappa shape index (κ3) is 3.30. The van der Waals surface area contributed by atoms with Gasteiger partial charge in [0.1, 0.15) is 0 Å². The van der Waals surface area contributed by atoms with Crippen molar-refractivity contribution in [1.29, 1.82) is 0 Å². The van der Waals surface area contributed by atoms with Gasteiger partial charge in [-0.3, -0.25) is 14.7 Å². The van der Waals surface area contributed by atoms with E-state index in [1.807, 2.05) is 17.9 Å². The van der Waals surface area contributed by atoms with Gasteiger partial charge in [-0.05, 0) is 31.9 Å². The van der Waals surface area contributed by atoms with Crippen LogP contribution < -0.4 is 0 Å². The van der Waals surface area contributed by atoms with Crippen LogP contribution in [-0.4, -0.2) is 72.8 Å². The molecule has 3 fully saturated rings. The van der Waals surface area contributed by atoms with Gasteiger partial charge in [-0.15, -0.1) is 0 Å². The Labute approximate surface area is 149 Å². The Morgan fingerprint density at radius 2 is 2.12 bits per heavy atom. The van der Waals surface area contributed by atoms with Crippen LogP contribution in [-0.2, 0) is 20.8 Å². The van der Waals surface area contributed by atoms with Crippen LogP contribution in [0, 0.1) is 12.3 Å². The number of morpholine rings is 1. The Hall–Kier alpha value is -1.50. The zero-order chi connectivity index (χ0) is 17.3. The fourth-order valence-electron chi connectivity index (χ4n) is 4.47. The molecular formula is C19H27N3O3. The van der Waals surface area contributed by atoms with E-state index in [1.54, 1.807) is 0 Å². The maximum Gasteiger partial charge on any atom is 0.232 e. The molecule has 0 saturated carbocycles. The fourth-order valence-corrected chi connectivity index (χ4v) is 4.47. The number of pyridine rings is 1. The van der Waals surface area contributed by atoms with E-state index in [1.165, 1.54) is 0 Å². The first kappa shape index (κ1) is 16.9. The lowest BCUT2D eigenvalue weighted by Gasteiger charge is -2.45. The number of hydrogen-bond donors (Lipinski definition) is 0. The smallest absolute Gasteiger partial charge is 0.232 e. The summed E-state index contributed by atoms with van der Waals surface area (Å²) in [6.45, 7) is 7.92. The van der Waals surface area contributed by atoms with Gasteiger partial charge in [-0.2, -0.15) is 0 Å². The Bertz CT molecular complexity index is 632. The summed E-state index contributed by atoms with van der Waals surface area (Å²) in [5.41, 5.74) is 1.72. The van der Waals surface area contributed by atoms with Crippen molar-refractivity contribution in [2.75, 3.05) is 46.0 Å². The highest BCUT2D eigenvalue weighted by Crippen LogP contribution is 2.42. The van der Waals surface area contributed by atoms with Gasteiger partial charge >= 0.3 is 0 Å². The average molecular weight is 345 g/mol. The monoisotopic (exact) mass is 345 g/mol. The van der Waals surface area contributed by atoms with Gasteiger partial charge in [-0.25, -0.2) is 0 Å². The maximum absolute atomic E-state index is 13.4. The predicted octanol–water partition coefficient (Wildman–Crippen LogP) is 1.23. The van der Waals surface area contributed by atoms with E-state index >= 15 is 0 Å². The molecule has 0 aliphatic carbocycles. The number of rotatable bonds is 3. The first-order chi connectivity index (χ1) is 12.2. The van der Waals surface area contributed by atoms with Crippen molar-refractivity contribution >= 4 is 5.91 Å². The van der Waals surface area contributed by atoms with Gasteiger partial charge in [-0.1, -0.05) is 6.07 Å². The van der Waals surface area contributed by atoms with Crippen LogP contribution in [0.25, 0.3) is 0 Å². The highest BCUT2D eigenvalue weighted by molar-refractivity contribution is 5.84. The standard InChI is InChI=1S/C19H27N3O3/c1-15-3-2-4-16(20-15)13-21-7-5-17-19(14-21,6-10-25-17)18(23)22-8-11-24-12-9-22/h2-4,17H,5-14H2,1H3/t17-,19-/m1/s1. The van der Waals surface area contributed by atoms with Gasteiger partial charge in [0.25, 0.3) is 0 Å². The lowest BCUT2D eigenvalue weighted by atomic mass is 9.75. The molecule has 1 aromatic rings. The topological polar surface area (TPSA) is 54.9 Å². The Morgan fingerprint density at radius 1 is 1.28 bits per heavy atom. The van der Waals surface area contributed by atoms with Crippen molar-refractivity contribution in [2.45, 2.75) is 32.4 Å². The highest BCUT2D eigenvalue weighted by atomic mass is 16.5. The van der Waals surface area contributed by atoms with Crippen LogP contribution in [0.4, 0.5) is 0 Å². The van der Waals surface area contributed by atoms with E-state index in [-0.39, 0.29) is 17.4 Å². The summed E-state index contributed by atoms with van der Waals surface area (Å²) in [4.78, 5) is 22.3. The summed E-state index contributed by atoms with van der Waals surface area (Å²) in [6.07, 6.45) is 1.80. The van der Waals surface area contributed by atoms with Gasteiger partial charge in [0.2, 0.25) is 5.91 Å². The molecule has 4 rings (SSSR count). The van der Waals surface area contributed by atoms with Crippen LogP contribution in [0.3, 0.4) is 0 Å². The van der Waals surface area contributed by atoms with E-state index in [2.05, 4.69) is 22.0 Å². The zero-order valence-electron chi connectivity index (χ0n) is 14.9. The van der Waals surface area contributed by atoms with Gasteiger partial charge < -0.3 is 14.4 Å². The molecule has 0 N–H and O–H groups in total. The highest BCUT2D eigenvalue weighted by Gasteiger charge is 2.54. The third-order valence-corrected chi connectivity index (χ3v) is 5.75. The van der Waals surface area contributed by atoms with Crippen molar-refractivity contribution in [1.82, 2.24) is 14.8 Å².